The van der Waals surface area contributed by atoms with E-state index in [0.29, 0.717) is 30.3 Å². The molecule has 0 radical (unpaired) electrons. The van der Waals surface area contributed by atoms with E-state index in [-0.39, 0.29) is 21.3 Å². The van der Waals surface area contributed by atoms with Gasteiger partial charge in [-0.05, 0) is 68.3 Å². The molecule has 4 amide bonds. The van der Waals surface area contributed by atoms with E-state index in [1.165, 1.54) is 24.3 Å². The van der Waals surface area contributed by atoms with Crippen LogP contribution in [0.2, 0.25) is 10.0 Å². The monoisotopic (exact) mass is 538 g/mol. The number of ether oxygens (including phenoxy) is 2. The molecule has 4 rings (SSSR count). The number of nitrogens with one attached hydrogen (secondary N) is 1. The molecule has 0 aromatic heterocycles. The lowest BCUT2D eigenvalue weighted by atomic mass is 10.1. The minimum absolute atomic E-state index is 0.167. The molecule has 3 aromatic rings. The van der Waals surface area contributed by atoms with Gasteiger partial charge in [0.05, 0.1) is 22.3 Å². The van der Waals surface area contributed by atoms with Gasteiger partial charge in [0.1, 0.15) is 12.2 Å². The Morgan fingerprint density at radius 3 is 2.27 bits per heavy atom. The molecule has 9 heteroatoms. The number of rotatable bonds is 7. The van der Waals surface area contributed by atoms with Gasteiger partial charge >= 0.3 is 6.03 Å². The summed E-state index contributed by atoms with van der Waals surface area (Å²) in [5.41, 5.74) is 3.80. The predicted octanol–water partition coefficient (Wildman–Crippen LogP) is 6.25. The maximum Gasteiger partial charge on any atom is 0.335 e. The first-order valence-electron chi connectivity index (χ1n) is 11.5. The van der Waals surface area contributed by atoms with Gasteiger partial charge in [-0.25, -0.2) is 9.69 Å². The number of benzene rings is 3. The maximum atomic E-state index is 13.2. The van der Waals surface area contributed by atoms with E-state index in [9.17, 15) is 14.4 Å². The topological polar surface area (TPSA) is 84.9 Å². The number of halogens is 2. The van der Waals surface area contributed by atoms with Crippen LogP contribution < -0.4 is 19.7 Å². The van der Waals surface area contributed by atoms with Gasteiger partial charge in [0, 0.05) is 0 Å². The average molecular weight is 539 g/mol. The highest BCUT2D eigenvalue weighted by molar-refractivity contribution is 6.43. The van der Waals surface area contributed by atoms with Crippen molar-refractivity contribution in [2.45, 2.75) is 27.4 Å². The second-order valence-corrected chi connectivity index (χ2v) is 9.29. The molecule has 0 atom stereocenters. The SMILES string of the molecule is CCOc1cc(/C=C2\C(=O)NC(=O)N(c3ccc(Cl)c(Cl)c3)C2=O)ccc1OCc1cc(C)cc(C)c1. The van der Waals surface area contributed by atoms with E-state index < -0.39 is 17.8 Å². The third kappa shape index (κ3) is 5.96. The van der Waals surface area contributed by atoms with Gasteiger partial charge < -0.3 is 9.47 Å². The van der Waals surface area contributed by atoms with Gasteiger partial charge in [0.25, 0.3) is 11.8 Å². The Balaban J connectivity index is 1.62. The molecule has 190 valence electrons. The quantitative estimate of drug-likeness (QED) is 0.283. The van der Waals surface area contributed by atoms with E-state index in [0.717, 1.165) is 21.6 Å². The summed E-state index contributed by atoms with van der Waals surface area (Å²) in [4.78, 5) is 39.0. The summed E-state index contributed by atoms with van der Waals surface area (Å²) in [6, 6.07) is 14.7. The van der Waals surface area contributed by atoms with Crippen molar-refractivity contribution in [3.63, 3.8) is 0 Å². The van der Waals surface area contributed by atoms with E-state index in [2.05, 4.69) is 23.5 Å². The van der Waals surface area contributed by atoms with E-state index in [1.54, 1.807) is 18.2 Å². The summed E-state index contributed by atoms with van der Waals surface area (Å²) in [6.45, 7) is 6.65. The highest BCUT2D eigenvalue weighted by atomic mass is 35.5. The Labute approximate surface area is 224 Å². The van der Waals surface area contributed by atoms with Crippen LogP contribution in [-0.2, 0) is 16.2 Å². The number of barbiturate groups is 1. The highest BCUT2D eigenvalue weighted by Crippen LogP contribution is 2.32. The van der Waals surface area contributed by atoms with Gasteiger partial charge in [-0.2, -0.15) is 0 Å². The van der Waals surface area contributed by atoms with Crippen molar-refractivity contribution in [1.29, 1.82) is 0 Å². The largest absolute Gasteiger partial charge is 0.490 e. The van der Waals surface area contributed by atoms with Crippen LogP contribution in [0.4, 0.5) is 10.5 Å². The minimum atomic E-state index is -0.879. The molecule has 1 aliphatic heterocycles. The standard InChI is InChI=1S/C28H24Cl2N2O5/c1-4-36-25-13-18(5-8-24(25)37-15-19-10-16(2)9-17(3)11-19)12-21-26(33)31-28(35)32(27(21)34)20-6-7-22(29)23(30)14-20/h5-14H,4,15H2,1-3H3,(H,31,33,35)/b21-12+. The molecule has 7 nitrogen and oxygen atoms in total. The Morgan fingerprint density at radius 1 is 0.865 bits per heavy atom. The van der Waals surface area contributed by atoms with Crippen molar-refractivity contribution < 1.29 is 23.9 Å². The lowest BCUT2D eigenvalue weighted by Gasteiger charge is -2.26. The van der Waals surface area contributed by atoms with Crippen LogP contribution in [0, 0.1) is 13.8 Å². The van der Waals surface area contributed by atoms with Crippen LogP contribution in [0.3, 0.4) is 0 Å². The summed E-state index contributed by atoms with van der Waals surface area (Å²) in [7, 11) is 0. The van der Waals surface area contributed by atoms with Gasteiger partial charge in [-0.1, -0.05) is 58.6 Å². The molecule has 1 aliphatic rings. The zero-order chi connectivity index (χ0) is 26.7. The summed E-state index contributed by atoms with van der Waals surface area (Å²) >= 11 is 12.0. The Hall–Kier alpha value is -3.81. The normalized spacial score (nSPS) is 14.7. The lowest BCUT2D eigenvalue weighted by molar-refractivity contribution is -0.122. The van der Waals surface area contributed by atoms with E-state index >= 15 is 0 Å². The molecule has 3 aromatic carbocycles. The van der Waals surface area contributed by atoms with Crippen molar-refractivity contribution in [2.24, 2.45) is 0 Å². The second-order valence-electron chi connectivity index (χ2n) is 8.48. The molecule has 0 aliphatic carbocycles. The Kier molecular flexibility index (Phi) is 7.86. The number of nitrogens with zero attached hydrogens (tertiary/aromatic N) is 1. The second kappa shape index (κ2) is 11.1. The fourth-order valence-electron chi connectivity index (χ4n) is 4.00. The summed E-state index contributed by atoms with van der Waals surface area (Å²) in [6.07, 6.45) is 1.39. The summed E-state index contributed by atoms with van der Waals surface area (Å²) in [5, 5.41) is 2.62. The van der Waals surface area contributed by atoms with Crippen LogP contribution in [0.1, 0.15) is 29.2 Å². The number of amides is 4. The average Bonchev–Trinajstić information content (AvgIpc) is 2.83. The van der Waals surface area contributed by atoms with Crippen molar-refractivity contribution in [3.05, 3.63) is 92.5 Å². The molecule has 1 heterocycles. The number of carbonyl (C=O) groups excluding carboxylic acids is 3. The van der Waals surface area contributed by atoms with E-state index in [4.69, 9.17) is 32.7 Å². The fourth-order valence-corrected chi connectivity index (χ4v) is 4.29. The van der Waals surface area contributed by atoms with Gasteiger partial charge in [0.2, 0.25) is 0 Å². The van der Waals surface area contributed by atoms with Crippen LogP contribution in [0.5, 0.6) is 11.5 Å². The van der Waals surface area contributed by atoms with Crippen molar-refractivity contribution >= 4 is 52.8 Å². The van der Waals surface area contributed by atoms with Gasteiger partial charge in [-0.3, -0.25) is 14.9 Å². The first-order valence-corrected chi connectivity index (χ1v) is 12.2. The molecule has 0 saturated carbocycles. The zero-order valence-corrected chi connectivity index (χ0v) is 21.9. The van der Waals surface area contributed by atoms with Crippen molar-refractivity contribution in [3.8, 4) is 11.5 Å². The summed E-state index contributed by atoms with van der Waals surface area (Å²) in [5.74, 6) is -0.614. The van der Waals surface area contributed by atoms with Crippen LogP contribution in [0.25, 0.3) is 6.08 Å². The third-order valence-electron chi connectivity index (χ3n) is 5.52. The Morgan fingerprint density at radius 2 is 1.59 bits per heavy atom. The minimum Gasteiger partial charge on any atom is -0.490 e. The summed E-state index contributed by atoms with van der Waals surface area (Å²) < 4.78 is 11.8. The van der Waals surface area contributed by atoms with Crippen LogP contribution in [-0.4, -0.2) is 24.5 Å². The molecule has 0 bridgehead atoms. The van der Waals surface area contributed by atoms with Crippen molar-refractivity contribution in [1.82, 2.24) is 5.32 Å². The van der Waals surface area contributed by atoms with Crippen LogP contribution in [0.15, 0.2) is 60.2 Å². The number of carbonyl (C=O) groups is 3. The fraction of sp³-hybridized carbons (Fsp3) is 0.179. The number of hydrogen-bond donors (Lipinski definition) is 1. The lowest BCUT2D eigenvalue weighted by Crippen LogP contribution is -2.54. The molecule has 0 spiro atoms. The number of anilines is 1. The molecule has 1 saturated heterocycles. The van der Waals surface area contributed by atoms with Gasteiger partial charge in [-0.15, -0.1) is 0 Å². The first kappa shape index (κ1) is 26.3. The third-order valence-corrected chi connectivity index (χ3v) is 6.26. The maximum absolute atomic E-state index is 13.2. The molecule has 0 unspecified atom stereocenters. The van der Waals surface area contributed by atoms with E-state index in [1.807, 2.05) is 20.8 Å². The molecule has 1 fully saturated rings. The first-order chi connectivity index (χ1) is 17.7. The number of imide groups is 2. The van der Waals surface area contributed by atoms with Crippen LogP contribution >= 0.6 is 23.2 Å². The predicted molar refractivity (Wildman–Crippen MR) is 143 cm³/mol. The number of hydrogen-bond acceptors (Lipinski definition) is 5. The van der Waals surface area contributed by atoms with Crippen molar-refractivity contribution in [2.75, 3.05) is 11.5 Å². The molecular weight excluding hydrogens is 515 g/mol. The number of urea groups is 1. The zero-order valence-electron chi connectivity index (χ0n) is 20.4. The van der Waals surface area contributed by atoms with Gasteiger partial charge in [0.15, 0.2) is 11.5 Å². The number of aryl methyl sites for hydroxylation is 2. The smallest absolute Gasteiger partial charge is 0.335 e. The Bertz CT molecular complexity index is 1410. The molecular formula is C28H24Cl2N2O5. The molecule has 37 heavy (non-hydrogen) atoms. The molecule has 1 N–H and O–H groups in total. The highest BCUT2D eigenvalue weighted by Gasteiger charge is 2.37.